The van der Waals surface area contributed by atoms with E-state index in [4.69, 9.17) is 11.6 Å². The number of anilines is 1. The Morgan fingerprint density at radius 2 is 2.16 bits per heavy atom. The van der Waals surface area contributed by atoms with Crippen molar-refractivity contribution in [1.82, 2.24) is 10.3 Å². The minimum atomic E-state index is -0.314. The largest absolute Gasteiger partial charge is 0.334 e. The molecule has 0 fully saturated rings. The zero-order chi connectivity index (χ0) is 13.7. The minimum Gasteiger partial charge on any atom is -0.334 e. The number of carbonyl (C=O) groups is 1. The molecule has 0 saturated heterocycles. The van der Waals surface area contributed by atoms with Gasteiger partial charge in [-0.2, -0.15) is 0 Å². The molecular formula is C13H11BrClN3O. The summed E-state index contributed by atoms with van der Waals surface area (Å²) in [5.41, 5.74) is 0.935. The van der Waals surface area contributed by atoms with Crippen molar-refractivity contribution in [3.05, 3.63) is 57.7 Å². The summed E-state index contributed by atoms with van der Waals surface area (Å²) < 4.78 is 0.854. The number of pyridine rings is 1. The fourth-order valence-electron chi connectivity index (χ4n) is 1.46. The number of amides is 2. The number of hydrogen-bond donors (Lipinski definition) is 2. The zero-order valence-corrected chi connectivity index (χ0v) is 12.2. The molecule has 4 nitrogen and oxygen atoms in total. The van der Waals surface area contributed by atoms with E-state index in [-0.39, 0.29) is 6.03 Å². The first-order valence-corrected chi connectivity index (χ1v) is 6.71. The van der Waals surface area contributed by atoms with E-state index in [0.717, 1.165) is 10.0 Å². The lowest BCUT2D eigenvalue weighted by Crippen LogP contribution is -2.28. The van der Waals surface area contributed by atoms with Gasteiger partial charge in [-0.05, 0) is 29.8 Å². The van der Waals surface area contributed by atoms with Crippen LogP contribution in [0, 0.1) is 0 Å². The van der Waals surface area contributed by atoms with Crippen LogP contribution in [-0.2, 0) is 6.54 Å². The predicted molar refractivity (Wildman–Crippen MR) is 79.2 cm³/mol. The topological polar surface area (TPSA) is 54.0 Å². The Morgan fingerprint density at radius 1 is 1.32 bits per heavy atom. The monoisotopic (exact) mass is 339 g/mol. The summed E-state index contributed by atoms with van der Waals surface area (Å²) in [6.07, 6.45) is 1.61. The summed E-state index contributed by atoms with van der Waals surface area (Å²) in [7, 11) is 0. The molecule has 2 amide bonds. The molecule has 1 heterocycles. The van der Waals surface area contributed by atoms with E-state index >= 15 is 0 Å². The summed E-state index contributed by atoms with van der Waals surface area (Å²) >= 11 is 9.17. The van der Waals surface area contributed by atoms with Crippen LogP contribution in [0.1, 0.15) is 5.56 Å². The van der Waals surface area contributed by atoms with Crippen molar-refractivity contribution in [3.8, 4) is 0 Å². The summed E-state index contributed by atoms with van der Waals surface area (Å²) in [6.45, 7) is 0.403. The average Bonchev–Trinajstić information content (AvgIpc) is 2.36. The van der Waals surface area contributed by atoms with Crippen LogP contribution in [0.25, 0.3) is 0 Å². The van der Waals surface area contributed by atoms with E-state index < -0.39 is 0 Å². The quantitative estimate of drug-likeness (QED) is 0.892. The van der Waals surface area contributed by atoms with E-state index in [1.54, 1.807) is 30.5 Å². The van der Waals surface area contributed by atoms with Gasteiger partial charge in [0.1, 0.15) is 5.82 Å². The van der Waals surface area contributed by atoms with Crippen LogP contribution in [0.4, 0.5) is 10.6 Å². The van der Waals surface area contributed by atoms with Gasteiger partial charge < -0.3 is 5.32 Å². The minimum absolute atomic E-state index is 0.314. The van der Waals surface area contributed by atoms with Crippen molar-refractivity contribution >= 4 is 39.4 Å². The SMILES string of the molecule is O=C(NCc1cccc(Cl)c1)Nc1cc(Br)ccn1. The number of urea groups is 1. The summed E-state index contributed by atoms with van der Waals surface area (Å²) in [6, 6.07) is 10.5. The van der Waals surface area contributed by atoms with Crippen LogP contribution in [-0.4, -0.2) is 11.0 Å². The molecule has 6 heteroatoms. The first-order valence-electron chi connectivity index (χ1n) is 5.54. The lowest BCUT2D eigenvalue weighted by Gasteiger charge is -2.07. The zero-order valence-electron chi connectivity index (χ0n) is 9.86. The van der Waals surface area contributed by atoms with Crippen LogP contribution in [0.5, 0.6) is 0 Å². The standard InChI is InChI=1S/C13H11BrClN3O/c14-10-4-5-16-12(7-10)18-13(19)17-8-9-2-1-3-11(15)6-9/h1-7H,8H2,(H2,16,17,18,19). The number of carbonyl (C=O) groups excluding carboxylic acids is 1. The maximum Gasteiger partial charge on any atom is 0.320 e. The molecule has 98 valence electrons. The highest BCUT2D eigenvalue weighted by molar-refractivity contribution is 9.10. The Hall–Kier alpha value is -1.59. The lowest BCUT2D eigenvalue weighted by atomic mass is 10.2. The van der Waals surface area contributed by atoms with Gasteiger partial charge in [0.05, 0.1) is 0 Å². The highest BCUT2D eigenvalue weighted by Gasteiger charge is 2.03. The van der Waals surface area contributed by atoms with Crippen LogP contribution >= 0.6 is 27.5 Å². The number of hydrogen-bond acceptors (Lipinski definition) is 2. The fraction of sp³-hybridized carbons (Fsp3) is 0.0769. The molecule has 1 aromatic carbocycles. The molecule has 0 atom stereocenters. The summed E-state index contributed by atoms with van der Waals surface area (Å²) in [5, 5.41) is 6.02. The van der Waals surface area contributed by atoms with Gasteiger partial charge in [0.2, 0.25) is 0 Å². The molecule has 0 bridgehead atoms. The molecule has 1 aromatic heterocycles. The summed E-state index contributed by atoms with van der Waals surface area (Å²) in [5.74, 6) is 0.484. The van der Waals surface area contributed by atoms with Gasteiger partial charge in [0.25, 0.3) is 0 Å². The van der Waals surface area contributed by atoms with E-state index in [2.05, 4.69) is 31.5 Å². The number of nitrogens with one attached hydrogen (secondary N) is 2. The predicted octanol–water partition coefficient (Wildman–Crippen LogP) is 3.82. The molecule has 0 spiro atoms. The second-order valence-electron chi connectivity index (χ2n) is 3.80. The fourth-order valence-corrected chi connectivity index (χ4v) is 2.01. The van der Waals surface area contributed by atoms with Gasteiger partial charge in [-0.3, -0.25) is 5.32 Å². The van der Waals surface area contributed by atoms with E-state index in [0.29, 0.717) is 17.4 Å². The van der Waals surface area contributed by atoms with Gasteiger partial charge in [-0.1, -0.05) is 39.7 Å². The average molecular weight is 341 g/mol. The Labute approximate surface area is 124 Å². The maximum atomic E-state index is 11.7. The van der Waals surface area contributed by atoms with Gasteiger partial charge >= 0.3 is 6.03 Å². The Balaban J connectivity index is 1.88. The number of aromatic nitrogens is 1. The van der Waals surface area contributed by atoms with Crippen LogP contribution in [0.3, 0.4) is 0 Å². The van der Waals surface area contributed by atoms with Gasteiger partial charge in [0, 0.05) is 22.2 Å². The molecule has 0 aliphatic rings. The first-order chi connectivity index (χ1) is 9.13. The third kappa shape index (κ3) is 4.54. The molecule has 2 rings (SSSR count). The number of nitrogens with zero attached hydrogens (tertiary/aromatic N) is 1. The van der Waals surface area contributed by atoms with E-state index in [1.165, 1.54) is 0 Å². The Bertz CT molecular complexity index is 592. The van der Waals surface area contributed by atoms with E-state index in [1.807, 2.05) is 12.1 Å². The van der Waals surface area contributed by atoms with E-state index in [9.17, 15) is 4.79 Å². The van der Waals surface area contributed by atoms with Gasteiger partial charge in [0.15, 0.2) is 0 Å². The number of benzene rings is 1. The summed E-state index contributed by atoms with van der Waals surface area (Å²) in [4.78, 5) is 15.7. The van der Waals surface area contributed by atoms with Gasteiger partial charge in [-0.25, -0.2) is 9.78 Å². The van der Waals surface area contributed by atoms with Crippen molar-refractivity contribution in [2.75, 3.05) is 5.32 Å². The smallest absolute Gasteiger partial charge is 0.320 e. The van der Waals surface area contributed by atoms with Crippen LogP contribution < -0.4 is 10.6 Å². The Morgan fingerprint density at radius 3 is 2.89 bits per heavy atom. The van der Waals surface area contributed by atoms with Crippen molar-refractivity contribution < 1.29 is 4.79 Å². The third-order valence-electron chi connectivity index (χ3n) is 2.31. The molecule has 0 aliphatic carbocycles. The molecule has 2 N–H and O–H groups in total. The van der Waals surface area contributed by atoms with Crippen molar-refractivity contribution in [3.63, 3.8) is 0 Å². The van der Waals surface area contributed by atoms with Crippen molar-refractivity contribution in [2.45, 2.75) is 6.54 Å². The van der Waals surface area contributed by atoms with Crippen molar-refractivity contribution in [2.24, 2.45) is 0 Å². The van der Waals surface area contributed by atoms with Gasteiger partial charge in [-0.15, -0.1) is 0 Å². The first kappa shape index (κ1) is 13.8. The maximum absolute atomic E-state index is 11.7. The normalized spacial score (nSPS) is 10.0. The molecule has 0 saturated carbocycles. The molecule has 0 unspecified atom stereocenters. The molecule has 19 heavy (non-hydrogen) atoms. The highest BCUT2D eigenvalue weighted by Crippen LogP contribution is 2.13. The van der Waals surface area contributed by atoms with Crippen LogP contribution in [0.15, 0.2) is 47.1 Å². The lowest BCUT2D eigenvalue weighted by molar-refractivity contribution is 0.251. The van der Waals surface area contributed by atoms with Crippen molar-refractivity contribution in [1.29, 1.82) is 0 Å². The molecule has 0 aliphatic heterocycles. The number of rotatable bonds is 3. The second-order valence-corrected chi connectivity index (χ2v) is 5.15. The molecule has 0 radical (unpaired) electrons. The van der Waals surface area contributed by atoms with Crippen LogP contribution in [0.2, 0.25) is 5.02 Å². The molecule has 2 aromatic rings. The third-order valence-corrected chi connectivity index (χ3v) is 3.03. The Kier molecular flexibility index (Phi) is 4.76. The molecular weight excluding hydrogens is 330 g/mol. The highest BCUT2D eigenvalue weighted by atomic mass is 79.9. The second kappa shape index (κ2) is 6.54. The number of halogens is 2.